The first-order chi connectivity index (χ1) is 10.1. The van der Waals surface area contributed by atoms with Crippen molar-refractivity contribution in [1.29, 1.82) is 0 Å². The van der Waals surface area contributed by atoms with Crippen LogP contribution in [-0.2, 0) is 6.42 Å². The van der Waals surface area contributed by atoms with Gasteiger partial charge in [-0.05, 0) is 42.2 Å². The molecule has 0 amide bonds. The second kappa shape index (κ2) is 5.82. The van der Waals surface area contributed by atoms with Crippen LogP contribution in [0.2, 0.25) is 0 Å². The smallest absolute Gasteiger partial charge is 0.162 e. The fourth-order valence-electron chi connectivity index (χ4n) is 2.18. The molecule has 110 valence electrons. The van der Waals surface area contributed by atoms with Crippen LogP contribution in [0.25, 0.3) is 0 Å². The molecule has 21 heavy (non-hydrogen) atoms. The summed E-state index contributed by atoms with van der Waals surface area (Å²) in [5.74, 6) is -1.02. The molecule has 0 aliphatic heterocycles. The van der Waals surface area contributed by atoms with Crippen molar-refractivity contribution in [3.63, 3.8) is 0 Å². The van der Waals surface area contributed by atoms with Crippen LogP contribution < -0.4 is 4.74 Å². The van der Waals surface area contributed by atoms with Gasteiger partial charge < -0.3 is 9.84 Å². The molecule has 0 heterocycles. The molecule has 2 aromatic carbocycles. The van der Waals surface area contributed by atoms with Gasteiger partial charge in [0, 0.05) is 6.42 Å². The number of aliphatic hydroxyl groups is 1. The summed E-state index contributed by atoms with van der Waals surface area (Å²) in [4.78, 5) is 0. The Morgan fingerprint density at radius 2 is 1.81 bits per heavy atom. The Bertz CT molecular complexity index is 621. The van der Waals surface area contributed by atoms with Gasteiger partial charge in [0.1, 0.15) is 5.75 Å². The van der Waals surface area contributed by atoms with E-state index in [0.717, 1.165) is 24.7 Å². The molecule has 0 spiro atoms. The van der Waals surface area contributed by atoms with Gasteiger partial charge in [-0.2, -0.15) is 0 Å². The summed E-state index contributed by atoms with van der Waals surface area (Å²) in [6.07, 6.45) is 1.65. The minimum absolute atomic E-state index is 0.0341. The third-order valence-corrected chi connectivity index (χ3v) is 3.54. The molecule has 1 saturated carbocycles. The number of hydrogen-bond acceptors (Lipinski definition) is 2. The van der Waals surface area contributed by atoms with Crippen molar-refractivity contribution in [3.05, 3.63) is 65.2 Å². The molecular weight excluding hydrogens is 274 g/mol. The Morgan fingerprint density at radius 1 is 1.10 bits per heavy atom. The van der Waals surface area contributed by atoms with Gasteiger partial charge in [-0.3, -0.25) is 0 Å². The van der Waals surface area contributed by atoms with Crippen molar-refractivity contribution in [2.24, 2.45) is 0 Å². The topological polar surface area (TPSA) is 29.5 Å². The SMILES string of the molecule is OC(Cc1cccc(F)c1F)c1ccc(OC2CC2)cc1. The van der Waals surface area contributed by atoms with Gasteiger partial charge in [0.05, 0.1) is 12.2 Å². The fourth-order valence-corrected chi connectivity index (χ4v) is 2.18. The third kappa shape index (κ3) is 3.39. The summed E-state index contributed by atoms with van der Waals surface area (Å²) in [5, 5.41) is 10.1. The highest BCUT2D eigenvalue weighted by molar-refractivity contribution is 5.30. The van der Waals surface area contributed by atoms with E-state index in [1.807, 2.05) is 0 Å². The van der Waals surface area contributed by atoms with E-state index in [-0.39, 0.29) is 12.0 Å². The van der Waals surface area contributed by atoms with Crippen LogP contribution in [0, 0.1) is 11.6 Å². The van der Waals surface area contributed by atoms with E-state index in [9.17, 15) is 13.9 Å². The summed E-state index contributed by atoms with van der Waals surface area (Å²) >= 11 is 0. The van der Waals surface area contributed by atoms with Gasteiger partial charge in [0.25, 0.3) is 0 Å². The number of halogens is 2. The molecule has 1 atom stereocenters. The zero-order valence-corrected chi connectivity index (χ0v) is 11.4. The lowest BCUT2D eigenvalue weighted by Gasteiger charge is -2.13. The molecule has 0 radical (unpaired) electrons. The first kappa shape index (κ1) is 14.0. The third-order valence-electron chi connectivity index (χ3n) is 3.54. The van der Waals surface area contributed by atoms with E-state index in [1.54, 1.807) is 24.3 Å². The van der Waals surface area contributed by atoms with Gasteiger partial charge >= 0.3 is 0 Å². The monoisotopic (exact) mass is 290 g/mol. The number of ether oxygens (including phenoxy) is 1. The zero-order chi connectivity index (χ0) is 14.8. The maximum atomic E-state index is 13.6. The molecule has 2 aromatic rings. The minimum Gasteiger partial charge on any atom is -0.490 e. The molecule has 1 fully saturated rings. The molecule has 3 rings (SSSR count). The van der Waals surface area contributed by atoms with Crippen molar-refractivity contribution in [2.45, 2.75) is 31.5 Å². The van der Waals surface area contributed by atoms with E-state index in [4.69, 9.17) is 4.74 Å². The van der Waals surface area contributed by atoms with Crippen LogP contribution in [0.15, 0.2) is 42.5 Å². The molecule has 1 unspecified atom stereocenters. The van der Waals surface area contributed by atoms with E-state index in [0.29, 0.717) is 11.7 Å². The average molecular weight is 290 g/mol. The molecule has 4 heteroatoms. The lowest BCUT2D eigenvalue weighted by molar-refractivity contribution is 0.176. The standard InChI is InChI=1S/C17H16F2O2/c18-15-3-1-2-12(17(15)19)10-16(20)11-4-6-13(7-5-11)21-14-8-9-14/h1-7,14,16,20H,8-10H2. The molecule has 2 nitrogen and oxygen atoms in total. The number of benzene rings is 2. The second-order valence-corrected chi connectivity index (χ2v) is 5.32. The molecule has 0 saturated heterocycles. The predicted octanol–water partition coefficient (Wildman–Crippen LogP) is 3.78. The summed E-state index contributed by atoms with van der Waals surface area (Å²) in [7, 11) is 0. The van der Waals surface area contributed by atoms with Gasteiger partial charge in [0.15, 0.2) is 11.6 Å². The Balaban J connectivity index is 1.69. The molecular formula is C17H16F2O2. The largest absolute Gasteiger partial charge is 0.490 e. The van der Waals surface area contributed by atoms with E-state index in [2.05, 4.69) is 0 Å². The van der Waals surface area contributed by atoms with Crippen molar-refractivity contribution in [3.8, 4) is 5.75 Å². The molecule has 1 aliphatic rings. The van der Waals surface area contributed by atoms with E-state index >= 15 is 0 Å². The van der Waals surface area contributed by atoms with Crippen molar-refractivity contribution in [1.82, 2.24) is 0 Å². The molecule has 0 bridgehead atoms. The summed E-state index contributed by atoms with van der Waals surface area (Å²) < 4.78 is 32.3. The van der Waals surface area contributed by atoms with Gasteiger partial charge in [-0.25, -0.2) is 8.78 Å². The van der Waals surface area contributed by atoms with Gasteiger partial charge in [0.2, 0.25) is 0 Å². The average Bonchev–Trinajstić information content (AvgIpc) is 3.28. The van der Waals surface area contributed by atoms with Gasteiger partial charge in [-0.15, -0.1) is 0 Å². The summed E-state index contributed by atoms with van der Waals surface area (Å²) in [5.41, 5.74) is 0.822. The lowest BCUT2D eigenvalue weighted by atomic mass is 10.0. The van der Waals surface area contributed by atoms with Crippen LogP contribution >= 0.6 is 0 Å². The van der Waals surface area contributed by atoms with Gasteiger partial charge in [-0.1, -0.05) is 24.3 Å². The highest BCUT2D eigenvalue weighted by Crippen LogP contribution is 2.28. The number of aliphatic hydroxyl groups excluding tert-OH is 1. The highest BCUT2D eigenvalue weighted by atomic mass is 19.2. The highest BCUT2D eigenvalue weighted by Gasteiger charge is 2.23. The van der Waals surface area contributed by atoms with Crippen LogP contribution in [0.1, 0.15) is 30.1 Å². The lowest BCUT2D eigenvalue weighted by Crippen LogP contribution is -2.05. The summed E-state index contributed by atoms with van der Waals surface area (Å²) in [6, 6.07) is 11.1. The second-order valence-electron chi connectivity index (χ2n) is 5.32. The normalized spacial score (nSPS) is 15.8. The first-order valence-electron chi connectivity index (χ1n) is 7.01. The first-order valence-corrected chi connectivity index (χ1v) is 7.01. The Hall–Kier alpha value is -1.94. The quantitative estimate of drug-likeness (QED) is 0.908. The Labute approximate surface area is 122 Å². The van der Waals surface area contributed by atoms with Crippen LogP contribution in [0.4, 0.5) is 8.78 Å². The Morgan fingerprint density at radius 3 is 2.48 bits per heavy atom. The zero-order valence-electron chi connectivity index (χ0n) is 11.4. The van der Waals surface area contributed by atoms with Crippen LogP contribution in [0.5, 0.6) is 5.75 Å². The number of rotatable bonds is 5. The minimum atomic E-state index is -0.898. The van der Waals surface area contributed by atoms with Crippen LogP contribution in [0.3, 0.4) is 0 Å². The maximum absolute atomic E-state index is 13.6. The van der Waals surface area contributed by atoms with E-state index < -0.39 is 17.7 Å². The van der Waals surface area contributed by atoms with Crippen molar-refractivity contribution < 1.29 is 18.6 Å². The number of hydrogen-bond donors (Lipinski definition) is 1. The fraction of sp³-hybridized carbons (Fsp3) is 0.294. The Kier molecular flexibility index (Phi) is 3.88. The van der Waals surface area contributed by atoms with Crippen molar-refractivity contribution in [2.75, 3.05) is 0 Å². The molecule has 0 aromatic heterocycles. The molecule has 1 N–H and O–H groups in total. The maximum Gasteiger partial charge on any atom is 0.162 e. The van der Waals surface area contributed by atoms with E-state index in [1.165, 1.54) is 12.1 Å². The van der Waals surface area contributed by atoms with Crippen molar-refractivity contribution >= 4 is 0 Å². The molecule has 1 aliphatic carbocycles. The van der Waals surface area contributed by atoms with Crippen LogP contribution in [-0.4, -0.2) is 11.2 Å². The summed E-state index contributed by atoms with van der Waals surface area (Å²) in [6.45, 7) is 0. The predicted molar refractivity (Wildman–Crippen MR) is 75.1 cm³/mol.